The molecule has 0 spiro atoms. The van der Waals surface area contributed by atoms with Gasteiger partial charge in [-0.1, -0.05) is 30.3 Å². The number of hydrogen-bond acceptors (Lipinski definition) is 3. The van der Waals surface area contributed by atoms with Gasteiger partial charge in [-0.05, 0) is 41.3 Å². The molecule has 0 fully saturated rings. The maximum absolute atomic E-state index is 12.1. The summed E-state index contributed by atoms with van der Waals surface area (Å²) >= 11 is 0. The zero-order valence-electron chi connectivity index (χ0n) is 12.4. The van der Waals surface area contributed by atoms with Crippen molar-refractivity contribution in [3.8, 4) is 22.3 Å². The van der Waals surface area contributed by atoms with Gasteiger partial charge in [0.15, 0.2) is 0 Å². The third kappa shape index (κ3) is 2.76. The van der Waals surface area contributed by atoms with E-state index in [1.54, 1.807) is 25.4 Å². The highest BCUT2D eigenvalue weighted by atomic mass is 16.4. The molecule has 0 amide bonds. The van der Waals surface area contributed by atoms with Crippen LogP contribution in [0.5, 0.6) is 0 Å². The first kappa shape index (κ1) is 14.7. The van der Waals surface area contributed by atoms with Crippen LogP contribution in [0.1, 0.15) is 5.56 Å². The van der Waals surface area contributed by atoms with E-state index in [1.807, 2.05) is 36.4 Å². The Balaban J connectivity index is 2.02. The van der Waals surface area contributed by atoms with E-state index in [0.717, 1.165) is 22.3 Å². The molecular formula is C18H14N2O3. The van der Waals surface area contributed by atoms with Gasteiger partial charge in [-0.2, -0.15) is 0 Å². The van der Waals surface area contributed by atoms with Crippen LogP contribution in [0, 0.1) is 6.92 Å². The first-order valence-corrected chi connectivity index (χ1v) is 7.04. The van der Waals surface area contributed by atoms with Crippen molar-refractivity contribution in [2.24, 2.45) is 0 Å². The van der Waals surface area contributed by atoms with E-state index in [-0.39, 0.29) is 0 Å². The molecule has 0 unspecified atom stereocenters. The monoisotopic (exact) mass is 306 g/mol. The van der Waals surface area contributed by atoms with Crippen molar-refractivity contribution >= 4 is 6.09 Å². The van der Waals surface area contributed by atoms with E-state index in [2.05, 4.69) is 4.98 Å². The summed E-state index contributed by atoms with van der Waals surface area (Å²) in [5.41, 5.74) is 3.51. The Morgan fingerprint density at radius 1 is 1.04 bits per heavy atom. The zero-order chi connectivity index (χ0) is 16.4. The third-order valence-corrected chi connectivity index (χ3v) is 3.73. The fraction of sp³-hybridized carbons (Fsp3) is 0.0556. The second-order valence-electron chi connectivity index (χ2n) is 5.13. The summed E-state index contributed by atoms with van der Waals surface area (Å²) in [6, 6.07) is 13.2. The van der Waals surface area contributed by atoms with Crippen LogP contribution in [-0.4, -0.2) is 20.8 Å². The van der Waals surface area contributed by atoms with E-state index in [4.69, 9.17) is 5.11 Å². The molecule has 0 saturated carbocycles. The Morgan fingerprint density at radius 3 is 2.35 bits per heavy atom. The number of nitrogens with zero attached hydrogens (tertiary/aromatic N) is 2. The number of benzene rings is 1. The van der Waals surface area contributed by atoms with Gasteiger partial charge in [-0.3, -0.25) is 9.78 Å². The molecule has 23 heavy (non-hydrogen) atoms. The lowest BCUT2D eigenvalue weighted by Crippen LogP contribution is -2.27. The van der Waals surface area contributed by atoms with E-state index in [1.165, 1.54) is 6.20 Å². The summed E-state index contributed by atoms with van der Waals surface area (Å²) < 4.78 is 0.683. The third-order valence-electron chi connectivity index (χ3n) is 3.73. The van der Waals surface area contributed by atoms with E-state index in [9.17, 15) is 9.59 Å². The quantitative estimate of drug-likeness (QED) is 0.787. The van der Waals surface area contributed by atoms with E-state index in [0.29, 0.717) is 10.1 Å². The lowest BCUT2D eigenvalue weighted by Gasteiger charge is -2.09. The first-order valence-electron chi connectivity index (χ1n) is 7.04. The minimum atomic E-state index is -1.28. The maximum atomic E-state index is 12.1. The number of hydrogen-bond donors (Lipinski definition) is 1. The second kappa shape index (κ2) is 5.88. The molecule has 0 atom stereocenters. The Hall–Kier alpha value is -3.21. The molecular weight excluding hydrogens is 292 g/mol. The fourth-order valence-corrected chi connectivity index (χ4v) is 2.48. The summed E-state index contributed by atoms with van der Waals surface area (Å²) in [6.07, 6.45) is 3.51. The van der Waals surface area contributed by atoms with Crippen molar-refractivity contribution < 1.29 is 9.90 Å². The van der Waals surface area contributed by atoms with Crippen LogP contribution < -0.4 is 5.56 Å². The van der Waals surface area contributed by atoms with Gasteiger partial charge < -0.3 is 5.11 Å². The molecule has 114 valence electrons. The standard InChI is InChI=1S/C18H14N2O3/c1-12-16(8-10-20(17(12)21)18(22)23)14-6-4-13(5-7-14)15-3-2-9-19-11-15/h2-11H,1H3,(H,22,23). The van der Waals surface area contributed by atoms with Gasteiger partial charge in [0.25, 0.3) is 5.56 Å². The second-order valence-corrected chi connectivity index (χ2v) is 5.13. The predicted octanol–water partition coefficient (Wildman–Crippen LogP) is 3.41. The van der Waals surface area contributed by atoms with E-state index < -0.39 is 11.7 Å². The Kier molecular flexibility index (Phi) is 3.76. The number of pyridine rings is 2. The van der Waals surface area contributed by atoms with Gasteiger partial charge in [-0.25, -0.2) is 9.36 Å². The molecule has 0 aliphatic rings. The van der Waals surface area contributed by atoms with Crippen molar-refractivity contribution in [3.05, 3.63) is 77.0 Å². The molecule has 0 radical (unpaired) electrons. The molecule has 5 heteroatoms. The van der Waals surface area contributed by atoms with Gasteiger partial charge in [0.2, 0.25) is 0 Å². The molecule has 0 aliphatic carbocycles. The molecule has 1 N–H and O–H groups in total. The van der Waals surface area contributed by atoms with Gasteiger partial charge in [-0.15, -0.1) is 0 Å². The molecule has 0 aliphatic heterocycles. The highest BCUT2D eigenvalue weighted by molar-refractivity contribution is 5.74. The first-order chi connectivity index (χ1) is 11.1. The van der Waals surface area contributed by atoms with Gasteiger partial charge >= 0.3 is 6.09 Å². The van der Waals surface area contributed by atoms with Crippen LogP contribution in [0.15, 0.2) is 65.8 Å². The largest absolute Gasteiger partial charge is 0.464 e. The average molecular weight is 306 g/mol. The average Bonchev–Trinajstić information content (AvgIpc) is 2.58. The molecule has 3 aromatic rings. The summed E-state index contributed by atoms with van der Waals surface area (Å²) in [4.78, 5) is 27.1. The predicted molar refractivity (Wildman–Crippen MR) is 87.5 cm³/mol. The normalized spacial score (nSPS) is 10.5. The number of rotatable bonds is 2. The minimum Gasteiger partial charge on any atom is -0.464 e. The number of aromatic nitrogens is 2. The topological polar surface area (TPSA) is 72.2 Å². The molecule has 2 heterocycles. The van der Waals surface area contributed by atoms with Crippen LogP contribution in [-0.2, 0) is 0 Å². The van der Waals surface area contributed by atoms with Crippen LogP contribution in [0.4, 0.5) is 4.79 Å². The van der Waals surface area contributed by atoms with Gasteiger partial charge in [0.1, 0.15) is 0 Å². The Bertz CT molecular complexity index is 913. The highest BCUT2D eigenvalue weighted by Gasteiger charge is 2.11. The van der Waals surface area contributed by atoms with Crippen molar-refractivity contribution in [2.45, 2.75) is 6.92 Å². The highest BCUT2D eigenvalue weighted by Crippen LogP contribution is 2.25. The van der Waals surface area contributed by atoms with Gasteiger partial charge in [0.05, 0.1) is 0 Å². The maximum Gasteiger partial charge on any atom is 0.418 e. The lowest BCUT2D eigenvalue weighted by atomic mass is 9.99. The van der Waals surface area contributed by atoms with Crippen LogP contribution >= 0.6 is 0 Å². The van der Waals surface area contributed by atoms with Crippen LogP contribution in [0.2, 0.25) is 0 Å². The molecule has 0 saturated heterocycles. The molecule has 3 rings (SSSR count). The summed E-state index contributed by atoms with van der Waals surface area (Å²) in [5.74, 6) is 0. The van der Waals surface area contributed by atoms with Gasteiger partial charge in [0, 0.05) is 24.2 Å². The summed E-state index contributed by atoms with van der Waals surface area (Å²) in [6.45, 7) is 1.63. The summed E-state index contributed by atoms with van der Waals surface area (Å²) in [7, 11) is 0. The van der Waals surface area contributed by atoms with Crippen molar-refractivity contribution in [1.29, 1.82) is 0 Å². The Labute approximate surface area is 132 Å². The van der Waals surface area contributed by atoms with E-state index >= 15 is 0 Å². The fourth-order valence-electron chi connectivity index (χ4n) is 2.48. The Morgan fingerprint density at radius 2 is 1.74 bits per heavy atom. The number of carboxylic acid groups (broad SMARTS) is 1. The SMILES string of the molecule is Cc1c(-c2ccc(-c3cccnc3)cc2)ccn(C(=O)O)c1=O. The van der Waals surface area contributed by atoms with Crippen LogP contribution in [0.3, 0.4) is 0 Å². The van der Waals surface area contributed by atoms with Crippen molar-refractivity contribution in [3.63, 3.8) is 0 Å². The molecule has 0 bridgehead atoms. The number of carbonyl (C=O) groups is 1. The zero-order valence-corrected chi connectivity index (χ0v) is 12.4. The smallest absolute Gasteiger partial charge is 0.418 e. The summed E-state index contributed by atoms with van der Waals surface area (Å²) in [5, 5.41) is 8.97. The lowest BCUT2D eigenvalue weighted by molar-refractivity contribution is 0.195. The van der Waals surface area contributed by atoms with Crippen LogP contribution in [0.25, 0.3) is 22.3 Å². The van der Waals surface area contributed by atoms with Crippen molar-refractivity contribution in [2.75, 3.05) is 0 Å². The minimum absolute atomic E-state index is 0.407. The molecule has 1 aromatic carbocycles. The molecule has 2 aromatic heterocycles. The van der Waals surface area contributed by atoms with Crippen molar-refractivity contribution in [1.82, 2.24) is 9.55 Å². The molecule has 5 nitrogen and oxygen atoms in total.